The molecule has 0 unspecified atom stereocenters. The molecule has 0 bridgehead atoms. The maximum atomic E-state index is 12.2. The summed E-state index contributed by atoms with van der Waals surface area (Å²) in [5.41, 5.74) is 1.40. The SMILES string of the molecule is Cc1ccc(C(=O)N2CCN(S(C)(=O)=O)CC2)cn1. The van der Waals surface area contributed by atoms with Crippen molar-refractivity contribution < 1.29 is 13.2 Å². The summed E-state index contributed by atoms with van der Waals surface area (Å²) >= 11 is 0. The zero-order valence-electron chi connectivity index (χ0n) is 11.0. The molecule has 1 aromatic rings. The maximum absolute atomic E-state index is 12.2. The number of carbonyl (C=O) groups excluding carboxylic acids is 1. The third-order valence-electron chi connectivity index (χ3n) is 3.15. The first-order chi connectivity index (χ1) is 8.88. The number of nitrogens with zero attached hydrogens (tertiary/aromatic N) is 3. The van der Waals surface area contributed by atoms with Crippen molar-refractivity contribution in [3.05, 3.63) is 29.6 Å². The summed E-state index contributed by atoms with van der Waals surface area (Å²) in [6.07, 6.45) is 2.75. The molecule has 0 aromatic carbocycles. The molecule has 1 amide bonds. The lowest BCUT2D eigenvalue weighted by molar-refractivity contribution is 0.0698. The van der Waals surface area contributed by atoms with Crippen LogP contribution in [0.1, 0.15) is 16.1 Å². The number of aryl methyl sites for hydroxylation is 1. The Morgan fingerprint density at radius 3 is 2.32 bits per heavy atom. The highest BCUT2D eigenvalue weighted by Gasteiger charge is 2.26. The normalized spacial score (nSPS) is 17.5. The molecule has 1 fully saturated rings. The molecule has 0 saturated carbocycles. The van der Waals surface area contributed by atoms with Gasteiger partial charge in [-0.15, -0.1) is 0 Å². The molecular formula is C12H17N3O3S. The van der Waals surface area contributed by atoms with Gasteiger partial charge in [0.05, 0.1) is 11.8 Å². The van der Waals surface area contributed by atoms with Gasteiger partial charge >= 0.3 is 0 Å². The van der Waals surface area contributed by atoms with Crippen LogP contribution >= 0.6 is 0 Å². The van der Waals surface area contributed by atoms with Crippen molar-refractivity contribution in [3.63, 3.8) is 0 Å². The molecule has 1 aliphatic heterocycles. The highest BCUT2D eigenvalue weighted by atomic mass is 32.2. The van der Waals surface area contributed by atoms with E-state index in [1.165, 1.54) is 10.6 Å². The molecule has 2 heterocycles. The molecule has 1 saturated heterocycles. The first kappa shape index (κ1) is 14.0. The molecule has 0 aliphatic carbocycles. The lowest BCUT2D eigenvalue weighted by Gasteiger charge is -2.33. The van der Waals surface area contributed by atoms with Gasteiger partial charge in [-0.05, 0) is 19.1 Å². The molecule has 19 heavy (non-hydrogen) atoms. The predicted molar refractivity (Wildman–Crippen MR) is 71.3 cm³/mol. The van der Waals surface area contributed by atoms with Gasteiger partial charge in [-0.2, -0.15) is 4.31 Å². The van der Waals surface area contributed by atoms with Crippen LogP contribution in [0.25, 0.3) is 0 Å². The monoisotopic (exact) mass is 283 g/mol. The lowest BCUT2D eigenvalue weighted by Crippen LogP contribution is -2.50. The van der Waals surface area contributed by atoms with Crippen molar-refractivity contribution in [1.29, 1.82) is 0 Å². The van der Waals surface area contributed by atoms with Gasteiger partial charge in [0, 0.05) is 38.1 Å². The summed E-state index contributed by atoms with van der Waals surface area (Å²) in [5, 5.41) is 0. The topological polar surface area (TPSA) is 70.6 Å². The summed E-state index contributed by atoms with van der Waals surface area (Å²) < 4.78 is 24.2. The fraction of sp³-hybridized carbons (Fsp3) is 0.500. The van der Waals surface area contributed by atoms with Crippen LogP contribution in [0, 0.1) is 6.92 Å². The highest BCUT2D eigenvalue weighted by Crippen LogP contribution is 2.10. The van der Waals surface area contributed by atoms with Crippen LogP contribution in [0.3, 0.4) is 0 Å². The van der Waals surface area contributed by atoms with Crippen molar-refractivity contribution >= 4 is 15.9 Å². The number of hydrogen-bond donors (Lipinski definition) is 0. The second-order valence-electron chi connectivity index (χ2n) is 4.64. The van der Waals surface area contributed by atoms with Crippen molar-refractivity contribution in [2.45, 2.75) is 6.92 Å². The number of aromatic nitrogens is 1. The molecule has 0 radical (unpaired) electrons. The Morgan fingerprint density at radius 2 is 1.84 bits per heavy atom. The van der Waals surface area contributed by atoms with Crippen LogP contribution in [0.4, 0.5) is 0 Å². The number of rotatable bonds is 2. The predicted octanol–water partition coefficient (Wildman–Crippen LogP) is 0.107. The maximum Gasteiger partial charge on any atom is 0.255 e. The van der Waals surface area contributed by atoms with Gasteiger partial charge < -0.3 is 4.90 Å². The second-order valence-corrected chi connectivity index (χ2v) is 6.62. The van der Waals surface area contributed by atoms with E-state index in [2.05, 4.69) is 4.98 Å². The number of sulfonamides is 1. The van der Waals surface area contributed by atoms with E-state index in [4.69, 9.17) is 0 Å². The summed E-state index contributed by atoms with van der Waals surface area (Å²) in [6.45, 7) is 3.40. The van der Waals surface area contributed by atoms with Gasteiger partial charge in [0.25, 0.3) is 5.91 Å². The largest absolute Gasteiger partial charge is 0.336 e. The zero-order chi connectivity index (χ0) is 14.0. The smallest absolute Gasteiger partial charge is 0.255 e. The molecule has 0 spiro atoms. The van der Waals surface area contributed by atoms with E-state index in [1.807, 2.05) is 6.92 Å². The summed E-state index contributed by atoms with van der Waals surface area (Å²) in [7, 11) is -3.16. The van der Waals surface area contributed by atoms with Crippen LogP contribution in [-0.4, -0.2) is 60.9 Å². The number of amides is 1. The average Bonchev–Trinajstić information content (AvgIpc) is 2.38. The molecule has 6 nitrogen and oxygen atoms in total. The van der Waals surface area contributed by atoms with Crippen LogP contribution in [0.2, 0.25) is 0 Å². The van der Waals surface area contributed by atoms with Gasteiger partial charge in [-0.1, -0.05) is 0 Å². The van der Waals surface area contributed by atoms with E-state index >= 15 is 0 Å². The van der Waals surface area contributed by atoms with Gasteiger partial charge in [-0.25, -0.2) is 8.42 Å². The molecular weight excluding hydrogens is 266 g/mol. The second kappa shape index (κ2) is 5.26. The van der Waals surface area contributed by atoms with Crippen molar-refractivity contribution in [3.8, 4) is 0 Å². The molecule has 1 aliphatic rings. The van der Waals surface area contributed by atoms with Crippen LogP contribution in [0.5, 0.6) is 0 Å². The first-order valence-electron chi connectivity index (χ1n) is 6.05. The zero-order valence-corrected chi connectivity index (χ0v) is 11.9. The molecule has 0 N–H and O–H groups in total. The third kappa shape index (κ3) is 3.30. The molecule has 0 atom stereocenters. The van der Waals surface area contributed by atoms with Gasteiger partial charge in [0.2, 0.25) is 10.0 Å². The standard InChI is InChI=1S/C12H17N3O3S/c1-10-3-4-11(9-13-10)12(16)14-5-7-15(8-6-14)19(2,17)18/h3-4,9H,5-8H2,1-2H3. The Morgan fingerprint density at radius 1 is 1.21 bits per heavy atom. The van der Waals surface area contributed by atoms with Crippen LogP contribution in [0.15, 0.2) is 18.3 Å². The molecule has 104 valence electrons. The van der Waals surface area contributed by atoms with E-state index in [9.17, 15) is 13.2 Å². The molecule has 1 aromatic heterocycles. The van der Waals surface area contributed by atoms with E-state index < -0.39 is 10.0 Å². The number of hydrogen-bond acceptors (Lipinski definition) is 4. The minimum absolute atomic E-state index is 0.0966. The van der Waals surface area contributed by atoms with E-state index in [-0.39, 0.29) is 5.91 Å². The first-order valence-corrected chi connectivity index (χ1v) is 7.90. The van der Waals surface area contributed by atoms with E-state index in [0.29, 0.717) is 31.7 Å². The van der Waals surface area contributed by atoms with E-state index in [0.717, 1.165) is 5.69 Å². The van der Waals surface area contributed by atoms with Gasteiger partial charge in [0.15, 0.2) is 0 Å². The Hall–Kier alpha value is -1.47. The summed E-state index contributed by atoms with van der Waals surface area (Å²) in [6, 6.07) is 3.54. The Kier molecular flexibility index (Phi) is 3.86. The Bertz CT molecular complexity index is 560. The Labute approximate surface area is 113 Å². The fourth-order valence-corrected chi connectivity index (χ4v) is 2.83. The summed E-state index contributed by atoms with van der Waals surface area (Å²) in [4.78, 5) is 17.9. The minimum Gasteiger partial charge on any atom is -0.336 e. The number of piperazine rings is 1. The van der Waals surface area contributed by atoms with Crippen molar-refractivity contribution in [2.75, 3.05) is 32.4 Å². The molecule has 2 rings (SSSR count). The highest BCUT2D eigenvalue weighted by molar-refractivity contribution is 7.88. The molecule has 7 heteroatoms. The number of carbonyl (C=O) groups is 1. The van der Waals surface area contributed by atoms with Gasteiger partial charge in [-0.3, -0.25) is 9.78 Å². The summed E-state index contributed by atoms with van der Waals surface area (Å²) in [5.74, 6) is -0.0966. The third-order valence-corrected chi connectivity index (χ3v) is 4.46. The van der Waals surface area contributed by atoms with Crippen LogP contribution < -0.4 is 0 Å². The van der Waals surface area contributed by atoms with Crippen molar-refractivity contribution in [2.24, 2.45) is 0 Å². The number of pyridine rings is 1. The quantitative estimate of drug-likeness (QED) is 0.772. The lowest BCUT2D eigenvalue weighted by atomic mass is 10.2. The van der Waals surface area contributed by atoms with Crippen molar-refractivity contribution in [1.82, 2.24) is 14.2 Å². The minimum atomic E-state index is -3.16. The average molecular weight is 283 g/mol. The van der Waals surface area contributed by atoms with E-state index in [1.54, 1.807) is 23.2 Å². The fourth-order valence-electron chi connectivity index (χ4n) is 2.00. The van der Waals surface area contributed by atoms with Crippen LogP contribution in [-0.2, 0) is 10.0 Å². The Balaban J connectivity index is 2.02. The van der Waals surface area contributed by atoms with Gasteiger partial charge in [0.1, 0.15) is 0 Å².